The molecule has 0 radical (unpaired) electrons. The predicted molar refractivity (Wildman–Crippen MR) is 460 cm³/mol. The maximum atomic E-state index is 14.0. The summed E-state index contributed by atoms with van der Waals surface area (Å²) in [6.45, 7) is 39.1. The first kappa shape index (κ1) is 82.5. The minimum atomic E-state index is -0.452. The Morgan fingerprint density at radius 2 is 0.798 bits per heavy atom. The monoisotopic (exact) mass is 1530 g/mol. The SMILES string of the molecule is CCN(CC)C(=O)CCCCC(=O)Nc1cc(C(C)(C)C)cc2c1Oc1c(N=Nc3ccccc3)cc(C(C)(C)C)cc1C2(C)C.Cc1cc2cc(C)c1NC(=O)c1cccc(n1)C(=O)Nc1c(C)cc(cc1C)C1(CCCCC1)c1cc(C)c(c(C)c1)NC(=O)c1cccc(n1)C(=O)Nc1c(C)cc(cc1C)C21CCCCC1. The van der Waals surface area contributed by atoms with E-state index in [9.17, 15) is 28.8 Å². The predicted octanol–water partition coefficient (Wildman–Crippen LogP) is 23.3. The summed E-state index contributed by atoms with van der Waals surface area (Å²) in [4.78, 5) is 92.7. The normalized spacial score (nSPS) is 15.8. The van der Waals surface area contributed by atoms with Gasteiger partial charge in [-0.15, -0.1) is 5.11 Å². The van der Waals surface area contributed by atoms with Crippen molar-refractivity contribution in [3.63, 3.8) is 0 Å². The van der Waals surface area contributed by atoms with E-state index >= 15 is 0 Å². The van der Waals surface area contributed by atoms with E-state index in [1.807, 2.05) is 111 Å². The molecule has 9 aromatic rings. The van der Waals surface area contributed by atoms with Crippen molar-refractivity contribution in [2.24, 2.45) is 10.2 Å². The van der Waals surface area contributed by atoms with E-state index in [4.69, 9.17) is 9.85 Å². The molecule has 13 aliphatic rings. The minimum absolute atomic E-state index is 0.0946. The fourth-order valence-corrected chi connectivity index (χ4v) is 17.4. The molecule has 114 heavy (non-hydrogen) atoms. The molecule has 2 saturated carbocycles. The fourth-order valence-electron chi connectivity index (χ4n) is 17.4. The van der Waals surface area contributed by atoms with Gasteiger partial charge in [0.25, 0.3) is 23.6 Å². The summed E-state index contributed by atoms with van der Waals surface area (Å²) in [5, 5.41) is 25.0. The molecule has 2 fully saturated rings. The average Bonchev–Trinajstić information content (AvgIpc) is 0.724. The zero-order chi connectivity index (χ0) is 81.9. The van der Waals surface area contributed by atoms with Crippen LogP contribution in [0.25, 0.3) is 0 Å². The van der Waals surface area contributed by atoms with Gasteiger partial charge in [-0.3, -0.25) is 28.8 Å². The lowest BCUT2D eigenvalue weighted by atomic mass is 9.64. The van der Waals surface area contributed by atoms with E-state index in [1.54, 1.807) is 36.4 Å². The Morgan fingerprint density at radius 1 is 0.447 bits per heavy atom. The number of azo groups is 1. The van der Waals surface area contributed by atoms with Crippen molar-refractivity contribution >= 4 is 75.3 Å². The highest BCUT2D eigenvalue weighted by Gasteiger charge is 2.42. The molecule has 0 unspecified atom stereocenters. The van der Waals surface area contributed by atoms with Crippen LogP contribution in [0, 0.1) is 55.4 Å². The van der Waals surface area contributed by atoms with E-state index in [-0.39, 0.29) is 56.3 Å². The number of carbonyl (C=O) groups excluding carboxylic acids is 6. The second-order valence-electron chi connectivity index (χ2n) is 34.7. The Kier molecular flexibility index (Phi) is 24.3. The number of nitrogens with one attached hydrogen (secondary N) is 5. The molecule has 2 aliphatic carbocycles. The summed E-state index contributed by atoms with van der Waals surface area (Å²) in [5.41, 5.74) is 20.8. The van der Waals surface area contributed by atoms with Gasteiger partial charge in [-0.25, -0.2) is 9.97 Å². The van der Waals surface area contributed by atoms with Crippen LogP contribution in [0.1, 0.15) is 290 Å². The molecule has 0 atom stereocenters. The van der Waals surface area contributed by atoms with Gasteiger partial charge in [-0.1, -0.05) is 185 Å². The summed E-state index contributed by atoms with van der Waals surface area (Å²) < 4.78 is 6.79. The molecule has 2 aromatic heterocycles. The Labute approximate surface area is 674 Å². The van der Waals surface area contributed by atoms with Gasteiger partial charge in [0.1, 0.15) is 28.5 Å². The number of aryl methyl sites for hydroxylation is 8. The zero-order valence-corrected chi connectivity index (χ0v) is 70.2. The molecule has 594 valence electrons. The van der Waals surface area contributed by atoms with Gasteiger partial charge in [-0.05, 0) is 245 Å². The molecule has 11 aliphatic heterocycles. The Hall–Kier alpha value is -10.9. The topological polar surface area (TPSA) is 226 Å². The molecule has 0 saturated heterocycles. The number of hydrogen-bond donors (Lipinski definition) is 5. The van der Waals surface area contributed by atoms with Gasteiger partial charge in [0.2, 0.25) is 11.8 Å². The smallest absolute Gasteiger partial charge is 0.274 e. The van der Waals surface area contributed by atoms with Crippen LogP contribution in [0.3, 0.4) is 0 Å². The van der Waals surface area contributed by atoms with E-state index in [0.717, 1.165) is 159 Å². The average molecular weight is 1530 g/mol. The number of anilines is 5. The number of amides is 6. The number of hydrogen-bond acceptors (Lipinski definition) is 11. The molecule has 22 rings (SSSR count). The van der Waals surface area contributed by atoms with Crippen LogP contribution in [-0.2, 0) is 36.7 Å². The number of unbranched alkanes of at least 4 members (excludes halogenated alkanes) is 1. The van der Waals surface area contributed by atoms with Gasteiger partial charge in [0.15, 0.2) is 11.5 Å². The highest BCUT2D eigenvalue weighted by molar-refractivity contribution is 6.08. The molecule has 2 spiro atoms. The molecular formula is C97H114N10O7. The number of pyridine rings is 2. The maximum absolute atomic E-state index is 14.0. The second kappa shape index (κ2) is 33.6. The summed E-state index contributed by atoms with van der Waals surface area (Å²) in [6.07, 6.45) is 12.6. The molecule has 6 amide bonds. The van der Waals surface area contributed by atoms with Crippen LogP contribution in [0.5, 0.6) is 11.5 Å². The van der Waals surface area contributed by atoms with Crippen molar-refractivity contribution in [2.45, 2.75) is 242 Å². The molecule has 13 heterocycles. The highest BCUT2D eigenvalue weighted by Crippen LogP contribution is 2.57. The minimum Gasteiger partial charge on any atom is -0.452 e. The van der Waals surface area contributed by atoms with Crippen LogP contribution >= 0.6 is 0 Å². The van der Waals surface area contributed by atoms with Gasteiger partial charge in [-0.2, -0.15) is 5.11 Å². The van der Waals surface area contributed by atoms with Crippen molar-refractivity contribution < 1.29 is 33.5 Å². The number of ether oxygens (including phenoxy) is 1. The van der Waals surface area contributed by atoms with Crippen LogP contribution in [0.4, 0.5) is 39.8 Å². The zero-order valence-electron chi connectivity index (χ0n) is 70.2. The van der Waals surface area contributed by atoms with Crippen LogP contribution in [0.2, 0.25) is 0 Å². The second-order valence-corrected chi connectivity index (χ2v) is 34.7. The van der Waals surface area contributed by atoms with Crippen molar-refractivity contribution in [3.05, 3.63) is 251 Å². The first-order valence-electron chi connectivity index (χ1n) is 40.9. The molecule has 17 heteroatoms. The van der Waals surface area contributed by atoms with Crippen molar-refractivity contribution in [1.29, 1.82) is 0 Å². The standard InChI is InChI=1S/C58H62N6O4.C39H52N4O3/c1-33-25-41-26-34(2)49(33)61-53(65)45-17-15-18-46(59-45)54(66)63-51-37(5)29-43(30-38(51)6)58(23-13-10-14-24-58)44-31-39(7)52(40(8)32-44)64-56(68)48-20-16-19-47(60-48)55(67)62-50-35(3)27-42(28-36(50)4)57(41)21-11-9-12-22-57;1-11-43(12-2)34(45)21-17-16-20-33(44)40-31-24-26(37(3,4)5)22-29-35(31)46-36-30(39(29,9)10)23-27(38(6,7)8)25-32(36)42-41-28-18-14-13-15-19-28/h15-20,25-32H,9-14,21-24H2,1-8H3,(H,61,65)(H,62,67)(H,63,66)(H,64,68);13-15,18-19,22-25H,11-12,16-17,20-21H2,1-10H3,(H,40,44). The Morgan fingerprint density at radius 3 is 1.16 bits per heavy atom. The molecule has 17 nitrogen and oxygen atoms in total. The summed E-state index contributed by atoms with van der Waals surface area (Å²) in [5.74, 6) is -0.230. The van der Waals surface area contributed by atoms with Crippen LogP contribution in [-0.4, -0.2) is 63.4 Å². The number of benzene rings is 7. The summed E-state index contributed by atoms with van der Waals surface area (Å²) in [7, 11) is 0. The highest BCUT2D eigenvalue weighted by atomic mass is 16.5. The molecular weight excluding hydrogens is 1420 g/mol. The number of fused-ring (bicyclic) bond motifs is 2. The third-order valence-corrected chi connectivity index (χ3v) is 24.0. The molecule has 5 N–H and O–H groups in total. The maximum Gasteiger partial charge on any atom is 0.274 e. The Bertz CT molecular complexity index is 4780. The largest absolute Gasteiger partial charge is 0.452 e. The number of aromatic nitrogens is 2. The van der Waals surface area contributed by atoms with Gasteiger partial charge < -0.3 is 36.2 Å². The molecule has 7 aromatic carbocycles. The van der Waals surface area contributed by atoms with Crippen molar-refractivity contribution in [1.82, 2.24) is 14.9 Å². The van der Waals surface area contributed by atoms with E-state index in [0.29, 0.717) is 61.6 Å². The third kappa shape index (κ3) is 17.4. The molecule has 12 bridgehead atoms. The Balaban J connectivity index is 0.000000228. The first-order valence-corrected chi connectivity index (χ1v) is 40.9. The number of rotatable bonds is 10. The van der Waals surface area contributed by atoms with Gasteiger partial charge in [0.05, 0.1) is 11.4 Å². The van der Waals surface area contributed by atoms with E-state index in [2.05, 4.69) is 164 Å². The lowest BCUT2D eigenvalue weighted by Gasteiger charge is -2.40. The van der Waals surface area contributed by atoms with Crippen LogP contribution in [0.15, 0.2) is 150 Å². The summed E-state index contributed by atoms with van der Waals surface area (Å²) in [6, 6.07) is 45.8. The third-order valence-electron chi connectivity index (χ3n) is 24.0. The fraction of sp³-hybridized carbons (Fsp3) is 0.402. The number of carbonyl (C=O) groups is 6. The quantitative estimate of drug-likeness (QED) is 0.0647. The van der Waals surface area contributed by atoms with Crippen molar-refractivity contribution in [2.75, 3.05) is 39.7 Å². The van der Waals surface area contributed by atoms with Crippen molar-refractivity contribution in [3.8, 4) is 11.5 Å². The number of nitrogens with zero attached hydrogens (tertiary/aromatic N) is 5. The first-order chi connectivity index (χ1) is 54.1. The van der Waals surface area contributed by atoms with Gasteiger partial charge in [0, 0.05) is 76.1 Å². The van der Waals surface area contributed by atoms with E-state index in [1.165, 1.54) is 22.3 Å². The summed E-state index contributed by atoms with van der Waals surface area (Å²) >= 11 is 0. The lowest BCUT2D eigenvalue weighted by Crippen LogP contribution is -2.31. The van der Waals surface area contributed by atoms with E-state index < -0.39 is 29.0 Å². The van der Waals surface area contributed by atoms with Crippen LogP contribution < -0.4 is 31.3 Å². The lowest BCUT2D eigenvalue weighted by molar-refractivity contribution is -0.131. The van der Waals surface area contributed by atoms with Gasteiger partial charge >= 0.3 is 0 Å².